The number of halogens is 1. The van der Waals surface area contributed by atoms with Gasteiger partial charge in [0.2, 0.25) is 5.91 Å². The van der Waals surface area contributed by atoms with Crippen molar-refractivity contribution in [3.8, 4) is 0 Å². The molecule has 0 atom stereocenters. The van der Waals surface area contributed by atoms with E-state index in [-0.39, 0.29) is 24.9 Å². The highest BCUT2D eigenvalue weighted by molar-refractivity contribution is 5.85. The molecule has 2 N–H and O–H groups in total. The molecule has 1 amide bonds. The van der Waals surface area contributed by atoms with Gasteiger partial charge < -0.3 is 10.4 Å². The second-order valence-electron chi connectivity index (χ2n) is 6.99. The standard InChI is InChI=1S/C20H31N3O3.ClH/c1-3-23(15-20(25)26)18-9-12-22(13-10-18)14-19(24)21-11-8-17-7-5-4-6-16(17)2;/h4-7,18H,3,8-15H2,1-2H3,(H,21,24)(H,25,26);1H. The smallest absolute Gasteiger partial charge is 0.317 e. The first-order valence-corrected chi connectivity index (χ1v) is 9.49. The summed E-state index contributed by atoms with van der Waals surface area (Å²) in [5.74, 6) is -0.711. The Labute approximate surface area is 168 Å². The highest BCUT2D eigenvalue weighted by atomic mass is 35.5. The largest absolute Gasteiger partial charge is 0.480 e. The van der Waals surface area contributed by atoms with Crippen molar-refractivity contribution in [1.29, 1.82) is 0 Å². The maximum Gasteiger partial charge on any atom is 0.317 e. The molecule has 1 aliphatic heterocycles. The Morgan fingerprint density at radius 3 is 2.52 bits per heavy atom. The van der Waals surface area contributed by atoms with Gasteiger partial charge in [-0.05, 0) is 43.9 Å². The van der Waals surface area contributed by atoms with Crippen LogP contribution in [-0.4, -0.2) is 72.1 Å². The molecule has 1 aliphatic rings. The van der Waals surface area contributed by atoms with Crippen LogP contribution in [0.1, 0.15) is 30.9 Å². The predicted octanol–water partition coefficient (Wildman–Crippen LogP) is 1.95. The molecule has 0 saturated carbocycles. The first kappa shape index (κ1) is 23.4. The van der Waals surface area contributed by atoms with Crippen molar-refractivity contribution in [1.82, 2.24) is 15.1 Å². The van der Waals surface area contributed by atoms with Crippen LogP contribution >= 0.6 is 12.4 Å². The number of hydrogen-bond acceptors (Lipinski definition) is 4. The minimum absolute atomic E-state index is 0. The molecule has 1 fully saturated rings. The van der Waals surface area contributed by atoms with Crippen LogP contribution in [0.15, 0.2) is 24.3 Å². The number of likely N-dealkylation sites (N-methyl/N-ethyl adjacent to an activating group) is 1. The summed E-state index contributed by atoms with van der Waals surface area (Å²) in [5.41, 5.74) is 2.53. The highest BCUT2D eigenvalue weighted by Gasteiger charge is 2.25. The van der Waals surface area contributed by atoms with Gasteiger partial charge in [-0.1, -0.05) is 31.2 Å². The quantitative estimate of drug-likeness (QED) is 0.666. The van der Waals surface area contributed by atoms with Crippen molar-refractivity contribution < 1.29 is 14.7 Å². The van der Waals surface area contributed by atoms with Gasteiger partial charge in [0.05, 0.1) is 13.1 Å². The third-order valence-corrected chi connectivity index (χ3v) is 5.16. The molecule has 0 unspecified atom stereocenters. The number of benzene rings is 1. The maximum atomic E-state index is 12.2. The highest BCUT2D eigenvalue weighted by Crippen LogP contribution is 2.16. The van der Waals surface area contributed by atoms with E-state index in [2.05, 4.69) is 29.3 Å². The Kier molecular flexibility index (Phi) is 10.4. The van der Waals surface area contributed by atoms with Crippen molar-refractivity contribution in [2.24, 2.45) is 0 Å². The van der Waals surface area contributed by atoms with Gasteiger partial charge in [-0.15, -0.1) is 12.4 Å². The lowest BCUT2D eigenvalue weighted by Crippen LogP contribution is -2.48. The summed E-state index contributed by atoms with van der Waals surface area (Å²) in [7, 11) is 0. The normalized spacial score (nSPS) is 15.4. The number of likely N-dealkylation sites (tertiary alicyclic amines) is 1. The van der Waals surface area contributed by atoms with Gasteiger partial charge in [0, 0.05) is 25.7 Å². The first-order valence-electron chi connectivity index (χ1n) is 9.49. The van der Waals surface area contributed by atoms with Crippen LogP contribution in [0.3, 0.4) is 0 Å². The van der Waals surface area contributed by atoms with Crippen LogP contribution < -0.4 is 5.32 Å². The second kappa shape index (κ2) is 12.0. The molecule has 0 aromatic heterocycles. The summed E-state index contributed by atoms with van der Waals surface area (Å²) in [6, 6.07) is 8.54. The van der Waals surface area contributed by atoms with Crippen LogP contribution in [0, 0.1) is 6.92 Å². The monoisotopic (exact) mass is 397 g/mol. The van der Waals surface area contributed by atoms with Crippen LogP contribution in [0.2, 0.25) is 0 Å². The molecule has 152 valence electrons. The van der Waals surface area contributed by atoms with Gasteiger partial charge in [-0.25, -0.2) is 0 Å². The number of aryl methyl sites for hydroxylation is 1. The third kappa shape index (κ3) is 7.87. The Morgan fingerprint density at radius 2 is 1.93 bits per heavy atom. The van der Waals surface area contributed by atoms with E-state index in [1.165, 1.54) is 11.1 Å². The van der Waals surface area contributed by atoms with E-state index in [4.69, 9.17) is 5.11 Å². The van der Waals surface area contributed by atoms with Crippen molar-refractivity contribution in [3.63, 3.8) is 0 Å². The lowest BCUT2D eigenvalue weighted by molar-refractivity contribution is -0.139. The molecule has 27 heavy (non-hydrogen) atoms. The topological polar surface area (TPSA) is 72.9 Å². The summed E-state index contributed by atoms with van der Waals surface area (Å²) in [4.78, 5) is 27.3. The van der Waals surface area contributed by atoms with Crippen LogP contribution in [-0.2, 0) is 16.0 Å². The maximum absolute atomic E-state index is 12.2. The molecule has 2 rings (SSSR count). The summed E-state index contributed by atoms with van der Waals surface area (Å²) in [6.45, 7) is 7.69. The Hall–Kier alpha value is -1.63. The van der Waals surface area contributed by atoms with Gasteiger partial charge in [0.1, 0.15) is 0 Å². The molecule has 6 nitrogen and oxygen atoms in total. The van der Waals surface area contributed by atoms with Crippen molar-refractivity contribution in [3.05, 3.63) is 35.4 Å². The second-order valence-corrected chi connectivity index (χ2v) is 6.99. The minimum atomic E-state index is -0.776. The fourth-order valence-electron chi connectivity index (χ4n) is 3.60. The minimum Gasteiger partial charge on any atom is -0.480 e. The van der Waals surface area contributed by atoms with E-state index in [0.29, 0.717) is 19.1 Å². The molecule has 1 aromatic rings. The van der Waals surface area contributed by atoms with Gasteiger partial charge in [-0.2, -0.15) is 0 Å². The zero-order valence-corrected chi connectivity index (χ0v) is 17.1. The molecule has 0 bridgehead atoms. The third-order valence-electron chi connectivity index (χ3n) is 5.16. The number of piperidine rings is 1. The number of amides is 1. The molecule has 1 heterocycles. The molecule has 0 aliphatic carbocycles. The van der Waals surface area contributed by atoms with Gasteiger partial charge in [-0.3, -0.25) is 19.4 Å². The summed E-state index contributed by atoms with van der Waals surface area (Å²) in [6.07, 6.45) is 2.68. The number of carboxylic acid groups (broad SMARTS) is 1. The molecule has 0 spiro atoms. The molecule has 1 aromatic carbocycles. The van der Waals surface area contributed by atoms with Crippen LogP contribution in [0.25, 0.3) is 0 Å². The number of nitrogens with one attached hydrogen (secondary N) is 1. The van der Waals surface area contributed by atoms with E-state index in [1.807, 2.05) is 24.0 Å². The predicted molar refractivity (Wildman–Crippen MR) is 109 cm³/mol. The number of rotatable bonds is 9. The zero-order chi connectivity index (χ0) is 18.9. The summed E-state index contributed by atoms with van der Waals surface area (Å²) >= 11 is 0. The SMILES string of the molecule is CCN(CC(=O)O)C1CCN(CC(=O)NCCc2ccccc2C)CC1.Cl. The molecule has 1 saturated heterocycles. The number of carboxylic acids is 1. The van der Waals surface area contributed by atoms with Crippen molar-refractivity contribution >= 4 is 24.3 Å². The average molecular weight is 398 g/mol. The van der Waals surface area contributed by atoms with Gasteiger partial charge >= 0.3 is 5.97 Å². The zero-order valence-electron chi connectivity index (χ0n) is 16.3. The Balaban J connectivity index is 0.00000364. The Morgan fingerprint density at radius 1 is 1.26 bits per heavy atom. The molecular weight excluding hydrogens is 366 g/mol. The van der Waals surface area contributed by atoms with Crippen molar-refractivity contribution in [2.45, 2.75) is 39.2 Å². The average Bonchev–Trinajstić information content (AvgIpc) is 2.62. The number of hydrogen-bond donors (Lipinski definition) is 2. The molecule has 7 heteroatoms. The van der Waals surface area contributed by atoms with E-state index in [9.17, 15) is 9.59 Å². The number of carbonyl (C=O) groups excluding carboxylic acids is 1. The summed E-state index contributed by atoms with van der Waals surface area (Å²) < 4.78 is 0. The van der Waals surface area contributed by atoms with Crippen molar-refractivity contribution in [2.75, 3.05) is 39.3 Å². The van der Waals surface area contributed by atoms with E-state index < -0.39 is 5.97 Å². The van der Waals surface area contributed by atoms with E-state index in [0.717, 1.165) is 38.9 Å². The first-order chi connectivity index (χ1) is 12.5. The summed E-state index contributed by atoms with van der Waals surface area (Å²) in [5, 5.41) is 12.0. The lowest BCUT2D eigenvalue weighted by Gasteiger charge is -2.37. The number of carbonyl (C=O) groups is 2. The van der Waals surface area contributed by atoms with Crippen LogP contribution in [0.4, 0.5) is 0 Å². The molecular formula is C20H32ClN3O3. The van der Waals surface area contributed by atoms with Gasteiger partial charge in [0.25, 0.3) is 0 Å². The van der Waals surface area contributed by atoms with E-state index in [1.54, 1.807) is 0 Å². The fraction of sp³-hybridized carbons (Fsp3) is 0.600. The lowest BCUT2D eigenvalue weighted by atomic mass is 10.0. The Bertz CT molecular complexity index is 604. The van der Waals surface area contributed by atoms with E-state index >= 15 is 0 Å². The number of aliphatic carboxylic acids is 1. The fourth-order valence-corrected chi connectivity index (χ4v) is 3.60. The van der Waals surface area contributed by atoms with Gasteiger partial charge in [0.15, 0.2) is 0 Å². The molecule has 0 radical (unpaired) electrons. The van der Waals surface area contributed by atoms with Crippen LogP contribution in [0.5, 0.6) is 0 Å². The number of nitrogens with zero attached hydrogens (tertiary/aromatic N) is 2.